The summed E-state index contributed by atoms with van der Waals surface area (Å²) < 4.78 is 6.13. The average Bonchev–Trinajstić information content (AvgIpc) is 2.33. The molecule has 0 atom stereocenters. The van der Waals surface area contributed by atoms with Crippen molar-refractivity contribution in [3.63, 3.8) is 0 Å². The van der Waals surface area contributed by atoms with Gasteiger partial charge in [-0.2, -0.15) is 0 Å². The normalized spacial score (nSPS) is 11.6. The highest BCUT2D eigenvalue weighted by Crippen LogP contribution is 2.23. The number of carbonyl (C=O) groups is 1. The molecule has 0 aliphatic carbocycles. The summed E-state index contributed by atoms with van der Waals surface area (Å²) in [5.74, 6) is 0.376. The summed E-state index contributed by atoms with van der Waals surface area (Å²) in [6.45, 7) is 5.57. The van der Waals surface area contributed by atoms with Crippen LogP contribution in [-0.2, 0) is 9.63 Å². The van der Waals surface area contributed by atoms with Crippen LogP contribution < -0.4 is 10.2 Å². The molecule has 1 rings (SSSR count). The Labute approximate surface area is 121 Å². The number of nitrogens with one attached hydrogen (secondary N) is 1. The maximum absolute atomic E-state index is 11.6. The molecule has 19 heavy (non-hydrogen) atoms. The van der Waals surface area contributed by atoms with Crippen molar-refractivity contribution >= 4 is 27.9 Å². The van der Waals surface area contributed by atoms with E-state index >= 15 is 0 Å². The number of carbonyl (C=O) groups excluding carboxylic acids is 1. The lowest BCUT2D eigenvalue weighted by atomic mass is 10.2. The Morgan fingerprint density at radius 2 is 2.05 bits per heavy atom. The molecular weight excluding hydrogens is 310 g/mol. The van der Waals surface area contributed by atoms with Crippen LogP contribution in [0.15, 0.2) is 28.7 Å². The zero-order valence-electron chi connectivity index (χ0n) is 11.5. The number of methoxy groups -OCH3 is 1. The zero-order chi connectivity index (χ0) is 14.5. The first kappa shape index (κ1) is 15.7. The van der Waals surface area contributed by atoms with Crippen LogP contribution in [-0.4, -0.2) is 18.6 Å². The van der Waals surface area contributed by atoms with Gasteiger partial charge >= 0.3 is 0 Å². The molecule has 1 amide bonds. The Bertz CT molecular complexity index is 478. The van der Waals surface area contributed by atoms with E-state index in [1.807, 2.05) is 39.0 Å². The van der Waals surface area contributed by atoms with Crippen LogP contribution >= 0.6 is 15.9 Å². The number of halogens is 1. The van der Waals surface area contributed by atoms with E-state index in [9.17, 15) is 4.79 Å². The van der Waals surface area contributed by atoms with Crippen molar-refractivity contribution in [2.45, 2.75) is 26.4 Å². The molecule has 0 fully saturated rings. The van der Waals surface area contributed by atoms with Gasteiger partial charge in [-0.3, -0.25) is 9.63 Å². The van der Waals surface area contributed by atoms with Gasteiger partial charge in [0.15, 0.2) is 0 Å². The molecule has 0 unspecified atom stereocenters. The number of hydrogen-bond donors (Lipinski definition) is 1. The minimum absolute atomic E-state index is 0.322. The fourth-order valence-corrected chi connectivity index (χ4v) is 1.62. The van der Waals surface area contributed by atoms with Gasteiger partial charge in [0.2, 0.25) is 0 Å². The largest absolute Gasteiger partial charge is 0.496 e. The molecule has 1 aromatic rings. The van der Waals surface area contributed by atoms with E-state index in [1.54, 1.807) is 13.2 Å². The Kier molecular flexibility index (Phi) is 5.57. The third-order valence-corrected chi connectivity index (χ3v) is 2.56. The molecule has 0 aromatic heterocycles. The first-order chi connectivity index (χ1) is 8.81. The maximum Gasteiger partial charge on any atom is 0.267 e. The summed E-state index contributed by atoms with van der Waals surface area (Å²) in [6.07, 6.45) is 3.07. The smallest absolute Gasteiger partial charge is 0.267 e. The second-order valence-corrected chi connectivity index (χ2v) is 5.82. The molecule has 0 spiro atoms. The average molecular weight is 328 g/mol. The number of amides is 1. The lowest BCUT2D eigenvalue weighted by molar-refractivity contribution is -0.140. The molecule has 0 aliphatic heterocycles. The Morgan fingerprint density at radius 1 is 1.37 bits per heavy atom. The van der Waals surface area contributed by atoms with E-state index in [1.165, 1.54) is 6.08 Å². The lowest BCUT2D eigenvalue weighted by Gasteiger charge is -2.18. The monoisotopic (exact) mass is 327 g/mol. The van der Waals surface area contributed by atoms with Crippen LogP contribution in [0.2, 0.25) is 0 Å². The van der Waals surface area contributed by atoms with Crippen molar-refractivity contribution in [2.24, 2.45) is 0 Å². The molecule has 1 N–H and O–H groups in total. The molecule has 0 bridgehead atoms. The standard InChI is InChI=1S/C14H18BrNO3/c1-14(2,3)19-16-13(17)8-5-10-9-11(15)6-7-12(10)18-4/h5-9H,1-4H3,(H,16,17)/b8-5+. The summed E-state index contributed by atoms with van der Waals surface area (Å²) >= 11 is 3.37. The molecule has 0 heterocycles. The number of hydrogen-bond acceptors (Lipinski definition) is 3. The fraction of sp³-hybridized carbons (Fsp3) is 0.357. The molecule has 0 radical (unpaired) electrons. The summed E-state index contributed by atoms with van der Waals surface area (Å²) in [7, 11) is 1.59. The second-order valence-electron chi connectivity index (χ2n) is 4.90. The molecule has 0 aliphatic rings. The topological polar surface area (TPSA) is 47.6 Å². The van der Waals surface area contributed by atoms with Crippen LogP contribution in [0.25, 0.3) is 6.08 Å². The van der Waals surface area contributed by atoms with Crippen LogP contribution in [0.1, 0.15) is 26.3 Å². The van der Waals surface area contributed by atoms with Crippen molar-refractivity contribution in [1.82, 2.24) is 5.48 Å². The van der Waals surface area contributed by atoms with Gasteiger partial charge in [0.05, 0.1) is 12.7 Å². The van der Waals surface area contributed by atoms with Gasteiger partial charge in [-0.05, 0) is 45.0 Å². The van der Waals surface area contributed by atoms with E-state index < -0.39 is 5.60 Å². The van der Waals surface area contributed by atoms with Gasteiger partial charge in [-0.25, -0.2) is 5.48 Å². The summed E-state index contributed by atoms with van der Waals surface area (Å²) in [5, 5.41) is 0. The zero-order valence-corrected chi connectivity index (χ0v) is 13.1. The van der Waals surface area contributed by atoms with Crippen LogP contribution in [0.3, 0.4) is 0 Å². The SMILES string of the molecule is COc1ccc(Br)cc1/C=C/C(=O)NOC(C)(C)C. The van der Waals surface area contributed by atoms with Crippen molar-refractivity contribution in [2.75, 3.05) is 7.11 Å². The van der Waals surface area contributed by atoms with Gasteiger partial charge < -0.3 is 4.74 Å². The number of rotatable bonds is 4. The molecule has 0 saturated heterocycles. The number of hydroxylamine groups is 1. The molecule has 1 aromatic carbocycles. The number of benzene rings is 1. The van der Waals surface area contributed by atoms with Gasteiger partial charge in [0.1, 0.15) is 5.75 Å². The maximum atomic E-state index is 11.6. The van der Waals surface area contributed by atoms with Gasteiger partial charge in [0, 0.05) is 16.1 Å². The van der Waals surface area contributed by atoms with E-state index in [4.69, 9.17) is 9.57 Å². The van der Waals surface area contributed by atoms with Crippen LogP contribution in [0.5, 0.6) is 5.75 Å². The van der Waals surface area contributed by atoms with Gasteiger partial charge in [0.25, 0.3) is 5.91 Å². The quantitative estimate of drug-likeness (QED) is 0.681. The Morgan fingerprint density at radius 3 is 2.63 bits per heavy atom. The predicted molar refractivity (Wildman–Crippen MR) is 78.7 cm³/mol. The summed E-state index contributed by atoms with van der Waals surface area (Å²) in [4.78, 5) is 16.7. The van der Waals surface area contributed by atoms with Crippen molar-refractivity contribution < 1.29 is 14.4 Å². The molecule has 104 valence electrons. The van der Waals surface area contributed by atoms with Crippen LogP contribution in [0, 0.1) is 0 Å². The molecule has 5 heteroatoms. The highest BCUT2D eigenvalue weighted by atomic mass is 79.9. The van der Waals surface area contributed by atoms with Crippen molar-refractivity contribution in [3.8, 4) is 5.75 Å². The van der Waals surface area contributed by atoms with E-state index in [2.05, 4.69) is 21.4 Å². The minimum Gasteiger partial charge on any atom is -0.496 e. The lowest BCUT2D eigenvalue weighted by Crippen LogP contribution is -2.32. The van der Waals surface area contributed by atoms with Crippen molar-refractivity contribution in [3.05, 3.63) is 34.3 Å². The fourth-order valence-electron chi connectivity index (χ4n) is 1.24. The second kappa shape index (κ2) is 6.73. The third-order valence-electron chi connectivity index (χ3n) is 2.06. The van der Waals surface area contributed by atoms with E-state index in [0.29, 0.717) is 5.75 Å². The van der Waals surface area contributed by atoms with E-state index in [0.717, 1.165) is 10.0 Å². The van der Waals surface area contributed by atoms with Crippen molar-refractivity contribution in [1.29, 1.82) is 0 Å². The molecule has 0 saturated carbocycles. The van der Waals surface area contributed by atoms with Crippen LogP contribution in [0.4, 0.5) is 0 Å². The highest BCUT2D eigenvalue weighted by Gasteiger charge is 2.11. The molecule has 4 nitrogen and oxygen atoms in total. The van der Waals surface area contributed by atoms with E-state index in [-0.39, 0.29) is 5.91 Å². The number of ether oxygens (including phenoxy) is 1. The van der Waals surface area contributed by atoms with Gasteiger partial charge in [-0.15, -0.1) is 0 Å². The highest BCUT2D eigenvalue weighted by molar-refractivity contribution is 9.10. The molecular formula is C14H18BrNO3. The summed E-state index contributed by atoms with van der Waals surface area (Å²) in [5.41, 5.74) is 2.76. The Hall–Kier alpha value is -1.33. The summed E-state index contributed by atoms with van der Waals surface area (Å²) in [6, 6.07) is 5.57. The third kappa shape index (κ3) is 5.89. The first-order valence-electron chi connectivity index (χ1n) is 5.81. The first-order valence-corrected chi connectivity index (χ1v) is 6.61. The minimum atomic E-state index is -0.420. The van der Waals surface area contributed by atoms with Gasteiger partial charge in [-0.1, -0.05) is 15.9 Å². The Balaban J connectivity index is 2.71. The predicted octanol–water partition coefficient (Wildman–Crippen LogP) is 3.32.